The highest BCUT2D eigenvalue weighted by molar-refractivity contribution is 5.63. The summed E-state index contributed by atoms with van der Waals surface area (Å²) in [4.78, 5) is 6.05. The van der Waals surface area contributed by atoms with Crippen molar-refractivity contribution in [1.29, 1.82) is 0 Å². The SMILES string of the molecule is FC(F)(F)C1CCN(c2nccn3cnnc23)CC1. The summed E-state index contributed by atoms with van der Waals surface area (Å²) in [7, 11) is 0. The van der Waals surface area contributed by atoms with Crippen LogP contribution in [-0.4, -0.2) is 38.8 Å². The maximum absolute atomic E-state index is 12.6. The summed E-state index contributed by atoms with van der Waals surface area (Å²) in [5.41, 5.74) is 0.577. The molecule has 2 aromatic rings. The zero-order valence-corrected chi connectivity index (χ0v) is 10.0. The van der Waals surface area contributed by atoms with Crippen molar-refractivity contribution in [1.82, 2.24) is 19.6 Å². The van der Waals surface area contributed by atoms with Crippen LogP contribution < -0.4 is 4.90 Å². The molecule has 0 atom stereocenters. The molecule has 0 unspecified atom stereocenters. The van der Waals surface area contributed by atoms with Crippen LogP contribution in [0.4, 0.5) is 19.0 Å². The van der Waals surface area contributed by atoms with Crippen LogP contribution in [0.1, 0.15) is 12.8 Å². The maximum Gasteiger partial charge on any atom is 0.391 e. The first-order valence-corrected chi connectivity index (χ1v) is 6.02. The summed E-state index contributed by atoms with van der Waals surface area (Å²) < 4.78 is 39.5. The van der Waals surface area contributed by atoms with Crippen LogP contribution in [0.3, 0.4) is 0 Å². The Morgan fingerprint density at radius 1 is 1.21 bits per heavy atom. The molecule has 0 amide bonds. The molecule has 3 heterocycles. The summed E-state index contributed by atoms with van der Waals surface area (Å²) in [6.07, 6.45) is 0.951. The number of fused-ring (bicyclic) bond motifs is 1. The number of piperidine rings is 1. The Balaban J connectivity index is 1.80. The van der Waals surface area contributed by atoms with Crippen molar-refractivity contribution in [2.45, 2.75) is 19.0 Å². The molecule has 3 rings (SSSR count). The smallest absolute Gasteiger partial charge is 0.353 e. The van der Waals surface area contributed by atoms with E-state index in [1.807, 2.05) is 4.90 Å². The number of rotatable bonds is 1. The zero-order valence-electron chi connectivity index (χ0n) is 10.0. The monoisotopic (exact) mass is 271 g/mol. The minimum atomic E-state index is -4.10. The third kappa shape index (κ3) is 2.22. The van der Waals surface area contributed by atoms with E-state index in [4.69, 9.17) is 0 Å². The minimum absolute atomic E-state index is 0.0976. The first-order valence-electron chi connectivity index (χ1n) is 6.02. The predicted octanol–water partition coefficient (Wildman–Crippen LogP) is 1.90. The molecule has 5 nitrogen and oxygen atoms in total. The van der Waals surface area contributed by atoms with Crippen LogP contribution in [0.15, 0.2) is 18.7 Å². The van der Waals surface area contributed by atoms with Gasteiger partial charge in [0, 0.05) is 25.5 Å². The summed E-state index contributed by atoms with van der Waals surface area (Å²) in [6.45, 7) is 0.674. The average Bonchev–Trinajstić information content (AvgIpc) is 2.86. The molecule has 1 aliphatic rings. The standard InChI is InChI=1S/C11H12F3N5/c12-11(13,14)8-1-4-18(5-2-8)9-10-17-16-7-19(10)6-3-15-9/h3,6-8H,1-2,4-5H2. The molecule has 19 heavy (non-hydrogen) atoms. The fraction of sp³-hybridized carbons (Fsp3) is 0.545. The Hall–Kier alpha value is -1.86. The molecule has 2 aromatic heterocycles. The minimum Gasteiger partial charge on any atom is -0.353 e. The number of hydrogen-bond donors (Lipinski definition) is 0. The van der Waals surface area contributed by atoms with E-state index in [9.17, 15) is 13.2 Å². The van der Waals surface area contributed by atoms with Crippen molar-refractivity contribution in [3.8, 4) is 0 Å². The lowest BCUT2D eigenvalue weighted by Crippen LogP contribution is -2.39. The van der Waals surface area contributed by atoms with Crippen LogP contribution in [0.2, 0.25) is 0 Å². The van der Waals surface area contributed by atoms with Crippen molar-refractivity contribution in [3.63, 3.8) is 0 Å². The van der Waals surface area contributed by atoms with E-state index in [0.29, 0.717) is 24.6 Å². The molecule has 8 heteroatoms. The summed E-state index contributed by atoms with van der Waals surface area (Å²) in [5.74, 6) is -0.609. The van der Waals surface area contributed by atoms with Gasteiger partial charge in [-0.2, -0.15) is 13.2 Å². The van der Waals surface area contributed by atoms with Gasteiger partial charge in [0.25, 0.3) is 0 Å². The quantitative estimate of drug-likeness (QED) is 0.794. The van der Waals surface area contributed by atoms with Crippen LogP contribution in [0.25, 0.3) is 5.65 Å². The van der Waals surface area contributed by atoms with E-state index in [1.165, 1.54) is 0 Å². The van der Waals surface area contributed by atoms with Gasteiger partial charge in [-0.15, -0.1) is 10.2 Å². The summed E-state index contributed by atoms with van der Waals surface area (Å²) in [5, 5.41) is 7.73. The second kappa shape index (κ2) is 4.36. The van der Waals surface area contributed by atoms with Gasteiger partial charge in [-0.05, 0) is 12.8 Å². The van der Waals surface area contributed by atoms with E-state index in [2.05, 4.69) is 15.2 Å². The molecule has 0 spiro atoms. The van der Waals surface area contributed by atoms with Gasteiger partial charge in [-0.3, -0.25) is 4.40 Å². The fourth-order valence-corrected chi connectivity index (χ4v) is 2.39. The second-order valence-electron chi connectivity index (χ2n) is 4.62. The van der Waals surface area contributed by atoms with Gasteiger partial charge in [0.2, 0.25) is 5.65 Å². The fourth-order valence-electron chi connectivity index (χ4n) is 2.39. The molecule has 1 aliphatic heterocycles. The zero-order chi connectivity index (χ0) is 13.5. The Bertz CT molecular complexity index is 571. The van der Waals surface area contributed by atoms with Gasteiger partial charge < -0.3 is 4.90 Å². The third-order valence-electron chi connectivity index (χ3n) is 3.45. The van der Waals surface area contributed by atoms with Gasteiger partial charge >= 0.3 is 6.18 Å². The van der Waals surface area contributed by atoms with Crippen LogP contribution in [-0.2, 0) is 0 Å². The highest BCUT2D eigenvalue weighted by Crippen LogP contribution is 2.35. The molecule has 1 fully saturated rings. The number of hydrogen-bond acceptors (Lipinski definition) is 4. The van der Waals surface area contributed by atoms with Crippen molar-refractivity contribution in [2.75, 3.05) is 18.0 Å². The number of halogens is 3. The van der Waals surface area contributed by atoms with Crippen LogP contribution in [0.5, 0.6) is 0 Å². The van der Waals surface area contributed by atoms with Crippen LogP contribution >= 0.6 is 0 Å². The number of alkyl halides is 3. The van der Waals surface area contributed by atoms with E-state index >= 15 is 0 Å². The molecule has 102 valence electrons. The Morgan fingerprint density at radius 2 is 1.95 bits per heavy atom. The first-order chi connectivity index (χ1) is 9.05. The van der Waals surface area contributed by atoms with Gasteiger partial charge in [-0.1, -0.05) is 0 Å². The Kier molecular flexibility index (Phi) is 2.79. The first kappa shape index (κ1) is 12.2. The molecule has 0 aliphatic carbocycles. The van der Waals surface area contributed by atoms with Crippen molar-refractivity contribution >= 4 is 11.5 Å². The lowest BCUT2D eigenvalue weighted by atomic mass is 9.96. The lowest BCUT2D eigenvalue weighted by molar-refractivity contribution is -0.179. The van der Waals surface area contributed by atoms with Gasteiger partial charge in [-0.25, -0.2) is 4.98 Å². The average molecular weight is 271 g/mol. The largest absolute Gasteiger partial charge is 0.391 e. The molecule has 0 N–H and O–H groups in total. The van der Waals surface area contributed by atoms with E-state index in [-0.39, 0.29) is 12.8 Å². The van der Waals surface area contributed by atoms with Gasteiger partial charge in [0.15, 0.2) is 5.82 Å². The maximum atomic E-state index is 12.6. The number of aromatic nitrogens is 4. The molecule has 0 saturated carbocycles. The van der Waals surface area contributed by atoms with Crippen molar-refractivity contribution < 1.29 is 13.2 Å². The molecule has 1 saturated heterocycles. The topological polar surface area (TPSA) is 46.3 Å². The van der Waals surface area contributed by atoms with E-state index in [0.717, 1.165) is 0 Å². The Morgan fingerprint density at radius 3 is 2.63 bits per heavy atom. The Labute approximate surface area is 107 Å². The van der Waals surface area contributed by atoms with Gasteiger partial charge in [0.05, 0.1) is 5.92 Å². The van der Waals surface area contributed by atoms with E-state index < -0.39 is 12.1 Å². The summed E-state index contributed by atoms with van der Waals surface area (Å²) in [6, 6.07) is 0. The highest BCUT2D eigenvalue weighted by Gasteiger charge is 2.41. The normalized spacial score (nSPS) is 18.2. The molecular weight excluding hydrogens is 259 g/mol. The lowest BCUT2D eigenvalue weighted by Gasteiger charge is -2.33. The van der Waals surface area contributed by atoms with E-state index in [1.54, 1.807) is 23.1 Å². The summed E-state index contributed by atoms with van der Waals surface area (Å²) >= 11 is 0. The van der Waals surface area contributed by atoms with Crippen LogP contribution in [0, 0.1) is 5.92 Å². The highest BCUT2D eigenvalue weighted by atomic mass is 19.4. The van der Waals surface area contributed by atoms with Crippen molar-refractivity contribution in [3.05, 3.63) is 18.7 Å². The van der Waals surface area contributed by atoms with Crippen molar-refractivity contribution in [2.24, 2.45) is 5.92 Å². The number of anilines is 1. The number of nitrogens with zero attached hydrogens (tertiary/aromatic N) is 5. The molecule has 0 aromatic carbocycles. The second-order valence-corrected chi connectivity index (χ2v) is 4.62. The predicted molar refractivity (Wildman–Crippen MR) is 61.8 cm³/mol. The molecule has 0 bridgehead atoms. The third-order valence-corrected chi connectivity index (χ3v) is 3.45. The molecule has 0 radical (unpaired) electrons. The van der Waals surface area contributed by atoms with Gasteiger partial charge in [0.1, 0.15) is 6.33 Å². The molecular formula is C11H12F3N5.